The van der Waals surface area contributed by atoms with E-state index in [1.807, 2.05) is 18.2 Å². The summed E-state index contributed by atoms with van der Waals surface area (Å²) in [6, 6.07) is 9.90. The van der Waals surface area contributed by atoms with E-state index in [4.69, 9.17) is 11.6 Å². The molecule has 164 valence electrons. The van der Waals surface area contributed by atoms with Gasteiger partial charge < -0.3 is 5.32 Å². The number of nitrogens with zero attached hydrogens (tertiary/aromatic N) is 5. The Kier molecular flexibility index (Phi) is 4.89. The van der Waals surface area contributed by atoms with Gasteiger partial charge in [-0.15, -0.1) is 0 Å². The van der Waals surface area contributed by atoms with Crippen LogP contribution in [0, 0.1) is 0 Å². The van der Waals surface area contributed by atoms with Crippen LogP contribution < -0.4 is 5.32 Å². The minimum atomic E-state index is -4.62. The van der Waals surface area contributed by atoms with Gasteiger partial charge in [-0.2, -0.15) is 23.4 Å². The average Bonchev–Trinajstić information content (AvgIpc) is 3.35. The number of hydrogen-bond donors (Lipinski definition) is 1. The molecular weight excluding hydrogens is 445 g/mol. The molecule has 4 aromatic rings. The average molecular weight is 461 g/mol. The van der Waals surface area contributed by atoms with Gasteiger partial charge in [0.25, 0.3) is 5.91 Å². The maximum absolute atomic E-state index is 13.5. The quantitative estimate of drug-likeness (QED) is 0.465. The molecule has 0 bridgehead atoms. The molecule has 1 saturated carbocycles. The van der Waals surface area contributed by atoms with Crippen molar-refractivity contribution in [3.63, 3.8) is 0 Å². The van der Waals surface area contributed by atoms with Crippen LogP contribution in [0.1, 0.15) is 46.1 Å². The van der Waals surface area contributed by atoms with Crippen molar-refractivity contribution in [2.45, 2.75) is 31.5 Å². The van der Waals surface area contributed by atoms with Gasteiger partial charge in [0.2, 0.25) is 0 Å². The summed E-state index contributed by atoms with van der Waals surface area (Å²) < 4.78 is 42.9. The highest BCUT2D eigenvalue weighted by Gasteiger charge is 2.38. The zero-order valence-corrected chi connectivity index (χ0v) is 17.2. The Labute approximate surface area is 184 Å². The maximum atomic E-state index is 13.5. The molecule has 3 heterocycles. The van der Waals surface area contributed by atoms with Gasteiger partial charge in [-0.25, -0.2) is 9.50 Å². The fraction of sp³-hybridized carbons (Fsp3) is 0.238. The number of benzene rings is 1. The van der Waals surface area contributed by atoms with Gasteiger partial charge >= 0.3 is 6.18 Å². The van der Waals surface area contributed by atoms with Crippen LogP contribution >= 0.6 is 11.6 Å². The first-order valence-corrected chi connectivity index (χ1v) is 10.2. The van der Waals surface area contributed by atoms with Crippen LogP contribution in [-0.4, -0.2) is 30.3 Å². The molecule has 32 heavy (non-hydrogen) atoms. The van der Waals surface area contributed by atoms with Crippen LogP contribution in [0.3, 0.4) is 0 Å². The predicted octanol–water partition coefficient (Wildman–Crippen LogP) is 4.78. The number of carbonyl (C=O) groups is 1. The summed E-state index contributed by atoms with van der Waals surface area (Å²) in [7, 11) is 0. The van der Waals surface area contributed by atoms with Crippen molar-refractivity contribution in [2.75, 3.05) is 5.32 Å². The van der Waals surface area contributed by atoms with E-state index in [9.17, 15) is 18.0 Å². The highest BCUT2D eigenvalue weighted by Crippen LogP contribution is 2.41. The minimum absolute atomic E-state index is 0.0194. The molecule has 1 N–H and O–H groups in total. The molecule has 7 nitrogen and oxygen atoms in total. The third kappa shape index (κ3) is 4.05. The van der Waals surface area contributed by atoms with Crippen LogP contribution in [0.15, 0.2) is 48.8 Å². The molecule has 1 fully saturated rings. The van der Waals surface area contributed by atoms with Gasteiger partial charge in [-0.3, -0.25) is 9.48 Å². The number of nitrogens with one attached hydrogen (secondary N) is 1. The molecular formula is C21H16ClF3N6O. The highest BCUT2D eigenvalue weighted by molar-refractivity contribution is 6.30. The number of carbonyl (C=O) groups excluding carboxylic acids is 1. The minimum Gasteiger partial charge on any atom is -0.305 e. The van der Waals surface area contributed by atoms with Crippen LogP contribution in [0.5, 0.6) is 0 Å². The van der Waals surface area contributed by atoms with E-state index in [0.29, 0.717) is 21.8 Å². The molecule has 1 amide bonds. The fourth-order valence-corrected chi connectivity index (χ4v) is 3.67. The van der Waals surface area contributed by atoms with E-state index in [1.54, 1.807) is 23.0 Å². The Balaban J connectivity index is 1.41. The molecule has 11 heteroatoms. The van der Waals surface area contributed by atoms with Crippen molar-refractivity contribution in [3.05, 3.63) is 76.3 Å². The lowest BCUT2D eigenvalue weighted by Crippen LogP contribution is -2.16. The predicted molar refractivity (Wildman–Crippen MR) is 111 cm³/mol. The normalized spacial score (nSPS) is 14.1. The monoisotopic (exact) mass is 460 g/mol. The first-order chi connectivity index (χ1) is 15.3. The number of anilines is 1. The highest BCUT2D eigenvalue weighted by atomic mass is 35.5. The summed E-state index contributed by atoms with van der Waals surface area (Å²) in [4.78, 5) is 17.1. The zero-order valence-electron chi connectivity index (χ0n) is 16.5. The summed E-state index contributed by atoms with van der Waals surface area (Å²) in [5, 5.41) is 11.3. The van der Waals surface area contributed by atoms with Gasteiger partial charge in [-0.05, 0) is 36.6 Å². The van der Waals surface area contributed by atoms with E-state index in [-0.39, 0.29) is 22.9 Å². The van der Waals surface area contributed by atoms with Gasteiger partial charge in [0.1, 0.15) is 11.3 Å². The molecule has 0 unspecified atom stereocenters. The lowest BCUT2D eigenvalue weighted by atomic mass is 10.2. The van der Waals surface area contributed by atoms with Gasteiger partial charge in [0.15, 0.2) is 11.5 Å². The van der Waals surface area contributed by atoms with Crippen molar-refractivity contribution in [1.82, 2.24) is 24.4 Å². The number of alkyl halides is 3. The van der Waals surface area contributed by atoms with E-state index in [1.165, 1.54) is 0 Å². The number of halogens is 4. The van der Waals surface area contributed by atoms with Crippen molar-refractivity contribution in [2.24, 2.45) is 0 Å². The summed E-state index contributed by atoms with van der Waals surface area (Å²) in [6.07, 6.45) is -0.297. The third-order valence-corrected chi connectivity index (χ3v) is 5.37. The third-order valence-electron chi connectivity index (χ3n) is 5.14. The van der Waals surface area contributed by atoms with Crippen molar-refractivity contribution < 1.29 is 18.0 Å². The molecule has 0 atom stereocenters. The van der Waals surface area contributed by atoms with Crippen molar-refractivity contribution >= 4 is 29.0 Å². The Morgan fingerprint density at radius 1 is 1.22 bits per heavy atom. The first-order valence-electron chi connectivity index (χ1n) is 9.83. The number of aromatic nitrogens is 5. The summed E-state index contributed by atoms with van der Waals surface area (Å²) in [6.45, 7) is 0.439. The molecule has 1 aliphatic rings. The van der Waals surface area contributed by atoms with Gasteiger partial charge in [0.05, 0.1) is 12.7 Å². The van der Waals surface area contributed by atoms with E-state index in [0.717, 1.165) is 30.7 Å². The van der Waals surface area contributed by atoms with Gasteiger partial charge in [0, 0.05) is 28.9 Å². The van der Waals surface area contributed by atoms with Crippen molar-refractivity contribution in [3.8, 4) is 0 Å². The Morgan fingerprint density at radius 3 is 2.75 bits per heavy atom. The maximum Gasteiger partial charge on any atom is 0.433 e. The first kappa shape index (κ1) is 20.5. The topological polar surface area (TPSA) is 77.1 Å². The molecule has 0 aliphatic heterocycles. The molecule has 0 radical (unpaired) electrons. The fourth-order valence-electron chi connectivity index (χ4n) is 3.45. The lowest BCUT2D eigenvalue weighted by molar-refractivity contribution is -0.142. The van der Waals surface area contributed by atoms with Gasteiger partial charge in [-0.1, -0.05) is 23.7 Å². The summed E-state index contributed by atoms with van der Waals surface area (Å²) in [5.74, 6) is -0.401. The Hall–Kier alpha value is -3.40. The number of rotatable bonds is 5. The molecule has 3 aromatic heterocycles. The van der Waals surface area contributed by atoms with E-state index in [2.05, 4.69) is 20.5 Å². The Morgan fingerprint density at radius 2 is 2.03 bits per heavy atom. The second kappa shape index (κ2) is 7.63. The second-order valence-electron chi connectivity index (χ2n) is 7.61. The van der Waals surface area contributed by atoms with Crippen LogP contribution in [0.4, 0.5) is 19.0 Å². The van der Waals surface area contributed by atoms with Crippen LogP contribution in [0.25, 0.3) is 5.65 Å². The van der Waals surface area contributed by atoms with Crippen LogP contribution in [0.2, 0.25) is 5.02 Å². The molecule has 1 aliphatic carbocycles. The van der Waals surface area contributed by atoms with Crippen LogP contribution in [-0.2, 0) is 12.7 Å². The lowest BCUT2D eigenvalue weighted by Gasteiger charge is -2.11. The van der Waals surface area contributed by atoms with Crippen molar-refractivity contribution in [1.29, 1.82) is 0 Å². The molecule has 0 spiro atoms. The van der Waals surface area contributed by atoms with E-state index < -0.39 is 17.8 Å². The molecule has 1 aromatic carbocycles. The SMILES string of the molecule is O=C(Nc1ccn(Cc2cccc(Cl)c2)n1)c1cnn2c(C(F)(F)F)cc(C3CC3)nc12. The number of hydrogen-bond acceptors (Lipinski definition) is 4. The number of amides is 1. The summed E-state index contributed by atoms with van der Waals surface area (Å²) in [5.41, 5.74) is 0.122. The zero-order chi connectivity index (χ0) is 22.5. The second-order valence-corrected chi connectivity index (χ2v) is 8.05. The molecule has 0 saturated heterocycles. The van der Waals surface area contributed by atoms with E-state index >= 15 is 0 Å². The standard InChI is InChI=1S/C21H16ClF3N6O/c22-14-3-1-2-12(8-14)11-30-7-6-18(29-30)28-20(32)15-10-26-31-17(21(23,24)25)9-16(13-4-5-13)27-19(15)31/h1-3,6-10,13H,4-5,11H2,(H,28,29,32). The number of fused-ring (bicyclic) bond motifs is 1. The molecule has 5 rings (SSSR count). The summed E-state index contributed by atoms with van der Waals surface area (Å²) >= 11 is 5.99. The Bertz CT molecular complexity index is 1320. The smallest absolute Gasteiger partial charge is 0.305 e. The largest absolute Gasteiger partial charge is 0.433 e.